The number of piperidine rings is 2. The van der Waals surface area contributed by atoms with E-state index < -0.39 is 36.5 Å². The summed E-state index contributed by atoms with van der Waals surface area (Å²) in [6.07, 6.45) is 4.04. The molecule has 7 N–H and O–H groups in total. The zero-order valence-corrected chi connectivity index (χ0v) is 25.2. The number of fused-ring (bicyclic) bond motifs is 1. The first-order valence-electron chi connectivity index (χ1n) is 16.2. The van der Waals surface area contributed by atoms with Gasteiger partial charge in [0.2, 0.25) is 11.8 Å². The molecule has 238 valence electrons. The number of amides is 2. The zero-order chi connectivity index (χ0) is 29.8. The third kappa shape index (κ3) is 7.43. The minimum Gasteiger partial charge on any atom is -0.385 e. The van der Waals surface area contributed by atoms with Gasteiger partial charge in [0.25, 0.3) is 0 Å². The van der Waals surface area contributed by atoms with Crippen LogP contribution in [0.2, 0.25) is 0 Å². The average molecular weight is 595 g/mol. The van der Waals surface area contributed by atoms with E-state index in [4.69, 9.17) is 11.5 Å². The smallest absolute Gasteiger partial charge is 0.236 e. The number of carbonyl (C=O) groups excluding carboxylic acids is 2. The number of alkyl halides is 2. The van der Waals surface area contributed by atoms with Gasteiger partial charge >= 0.3 is 0 Å². The third-order valence-electron chi connectivity index (χ3n) is 10.3. The lowest BCUT2D eigenvalue weighted by molar-refractivity contribution is -0.134. The summed E-state index contributed by atoms with van der Waals surface area (Å²) in [4.78, 5) is 32.3. The number of nitrogens with two attached hydrogens (primary N) is 2. The van der Waals surface area contributed by atoms with Crippen LogP contribution in [0, 0.1) is 17.8 Å². The third-order valence-corrected chi connectivity index (χ3v) is 10.3. The van der Waals surface area contributed by atoms with E-state index in [0.717, 1.165) is 77.7 Å². The summed E-state index contributed by atoms with van der Waals surface area (Å²) in [5, 5.41) is 9.54. The minimum atomic E-state index is -1.13. The number of likely N-dealkylation sites (tertiary alicyclic amines) is 1. The highest BCUT2D eigenvalue weighted by Gasteiger charge is 2.42. The van der Waals surface area contributed by atoms with Crippen molar-refractivity contribution in [2.45, 2.75) is 82.0 Å². The van der Waals surface area contributed by atoms with Gasteiger partial charge < -0.3 is 32.3 Å². The maximum atomic E-state index is 15.5. The Morgan fingerprint density at radius 3 is 2.55 bits per heavy atom. The number of nitrogens with zero attached hydrogens (tertiary/aromatic N) is 3. The Morgan fingerprint density at radius 2 is 1.81 bits per heavy atom. The van der Waals surface area contributed by atoms with Crippen molar-refractivity contribution in [3.05, 3.63) is 11.3 Å². The molecule has 2 amide bonds. The average Bonchev–Trinajstić information content (AvgIpc) is 2.96. The monoisotopic (exact) mass is 594 g/mol. The minimum absolute atomic E-state index is 0.138. The molecule has 6 unspecified atom stereocenters. The van der Waals surface area contributed by atoms with Crippen molar-refractivity contribution < 1.29 is 18.4 Å². The first kappa shape index (κ1) is 31.6. The van der Waals surface area contributed by atoms with Crippen molar-refractivity contribution in [3.8, 4) is 0 Å². The number of rotatable bonds is 7. The van der Waals surface area contributed by atoms with Crippen molar-refractivity contribution >= 4 is 11.8 Å². The molecule has 4 aliphatic heterocycles. The molecule has 10 nitrogen and oxygen atoms in total. The Morgan fingerprint density at radius 1 is 1.02 bits per heavy atom. The molecule has 5 aliphatic rings. The number of likely N-dealkylation sites (N-methyl/N-ethyl adjacent to an activating group) is 1. The molecule has 6 atom stereocenters. The number of hydrogen-bond donors (Lipinski definition) is 5. The summed E-state index contributed by atoms with van der Waals surface area (Å²) in [5.74, 6) is -0.299. The number of halogens is 2. The van der Waals surface area contributed by atoms with Crippen molar-refractivity contribution in [1.82, 2.24) is 30.7 Å². The summed E-state index contributed by atoms with van der Waals surface area (Å²) in [6.45, 7) is 5.35. The van der Waals surface area contributed by atoms with E-state index in [2.05, 4.69) is 25.8 Å². The van der Waals surface area contributed by atoms with Gasteiger partial charge in [0.05, 0.1) is 24.8 Å². The second-order valence-electron chi connectivity index (χ2n) is 13.3. The number of allylic oxidation sites excluding steroid dienone is 1. The molecule has 12 heteroatoms. The van der Waals surface area contributed by atoms with Crippen LogP contribution in [0.3, 0.4) is 0 Å². The summed E-state index contributed by atoms with van der Waals surface area (Å²) < 4.78 is 30.1. The zero-order valence-electron chi connectivity index (χ0n) is 25.2. The van der Waals surface area contributed by atoms with Crippen molar-refractivity contribution in [2.75, 3.05) is 66.0 Å². The predicted molar refractivity (Wildman–Crippen MR) is 159 cm³/mol. The van der Waals surface area contributed by atoms with Crippen LogP contribution in [-0.2, 0) is 9.59 Å². The van der Waals surface area contributed by atoms with E-state index in [0.29, 0.717) is 31.1 Å². The fourth-order valence-electron chi connectivity index (χ4n) is 7.91. The first-order valence-corrected chi connectivity index (χ1v) is 16.2. The Bertz CT molecular complexity index is 975. The number of piperazine rings is 1. The standard InChI is InChI=1S/C30H52F2N8O2/c1-38-12-13-39(18-25(38)41)17-19-8-10-40(11-9-19)28-23(32)15-35-16-24(28)37-30(42)26(29(33)34)27-22-5-3-2-4-20(22)6-7-21(31)14-36-27/h19-21,23-24,26,28-29,35-36H,2-18,33-34H2,1H3,(H,37,42)/b27-22-. The second-order valence-corrected chi connectivity index (χ2v) is 13.3. The van der Waals surface area contributed by atoms with E-state index in [9.17, 15) is 14.0 Å². The van der Waals surface area contributed by atoms with Crippen molar-refractivity contribution in [2.24, 2.45) is 29.2 Å². The van der Waals surface area contributed by atoms with Crippen LogP contribution in [0.5, 0.6) is 0 Å². The summed E-state index contributed by atoms with van der Waals surface area (Å²) in [7, 11) is 1.85. The van der Waals surface area contributed by atoms with Gasteiger partial charge in [0.15, 0.2) is 0 Å². The van der Waals surface area contributed by atoms with Crippen molar-refractivity contribution in [3.63, 3.8) is 0 Å². The van der Waals surface area contributed by atoms with Crippen LogP contribution in [0.25, 0.3) is 0 Å². The van der Waals surface area contributed by atoms with Crippen LogP contribution in [0.1, 0.15) is 51.4 Å². The van der Waals surface area contributed by atoms with E-state index in [1.165, 1.54) is 5.57 Å². The molecule has 1 aliphatic carbocycles. The molecule has 0 spiro atoms. The van der Waals surface area contributed by atoms with Crippen LogP contribution in [0.15, 0.2) is 11.3 Å². The Balaban J connectivity index is 1.25. The van der Waals surface area contributed by atoms with E-state index in [1.807, 2.05) is 7.05 Å². The van der Waals surface area contributed by atoms with Gasteiger partial charge in [-0.15, -0.1) is 0 Å². The fourth-order valence-corrected chi connectivity index (χ4v) is 7.91. The lowest BCUT2D eigenvalue weighted by atomic mass is 9.77. The van der Waals surface area contributed by atoms with Crippen molar-refractivity contribution in [1.29, 1.82) is 0 Å². The molecule has 4 fully saturated rings. The van der Waals surface area contributed by atoms with Crippen LogP contribution in [0.4, 0.5) is 8.78 Å². The van der Waals surface area contributed by atoms with Gasteiger partial charge in [0.1, 0.15) is 18.3 Å². The Labute approximate surface area is 249 Å². The van der Waals surface area contributed by atoms with Gasteiger partial charge in [-0.1, -0.05) is 6.42 Å². The number of carbonyl (C=O) groups is 2. The molecular weight excluding hydrogens is 542 g/mol. The molecule has 1 saturated carbocycles. The van der Waals surface area contributed by atoms with Gasteiger partial charge in [-0.2, -0.15) is 0 Å². The van der Waals surface area contributed by atoms with E-state index >= 15 is 4.39 Å². The highest BCUT2D eigenvalue weighted by Crippen LogP contribution is 2.38. The van der Waals surface area contributed by atoms with Crippen LogP contribution < -0.4 is 27.4 Å². The highest BCUT2D eigenvalue weighted by atomic mass is 19.1. The quantitative estimate of drug-likeness (QED) is 0.266. The SMILES string of the molecule is CN1CCN(CC2CCN(C3C(F)CNCC3NC(=O)C(/C3=C4\CCCCC4CCC(F)CN3)C(N)N)CC2)CC1=O. The van der Waals surface area contributed by atoms with Gasteiger partial charge in [-0.25, -0.2) is 8.78 Å². The molecule has 0 bridgehead atoms. The van der Waals surface area contributed by atoms with E-state index in [-0.39, 0.29) is 30.8 Å². The molecule has 4 heterocycles. The molecule has 42 heavy (non-hydrogen) atoms. The Kier molecular flexibility index (Phi) is 10.7. The fraction of sp³-hybridized carbons (Fsp3) is 0.867. The molecule has 0 aromatic heterocycles. The maximum Gasteiger partial charge on any atom is 0.236 e. The largest absolute Gasteiger partial charge is 0.385 e. The van der Waals surface area contributed by atoms with E-state index in [1.54, 1.807) is 4.90 Å². The lowest BCUT2D eigenvalue weighted by Gasteiger charge is -2.46. The van der Waals surface area contributed by atoms with Crippen LogP contribution >= 0.6 is 0 Å². The number of hydrogen-bond acceptors (Lipinski definition) is 8. The van der Waals surface area contributed by atoms with Gasteiger partial charge in [0, 0.05) is 52.0 Å². The maximum absolute atomic E-state index is 15.5. The molecule has 3 saturated heterocycles. The summed E-state index contributed by atoms with van der Waals surface area (Å²) in [5.41, 5.74) is 14.4. The Hall–Kier alpha value is -1.86. The molecule has 0 aromatic rings. The topological polar surface area (TPSA) is 132 Å². The number of nitrogens with one attached hydrogen (secondary N) is 3. The first-order chi connectivity index (χ1) is 20.2. The summed E-state index contributed by atoms with van der Waals surface area (Å²) in [6, 6.07) is -0.888. The molecule has 5 rings (SSSR count). The van der Waals surface area contributed by atoms with Gasteiger partial charge in [-0.3, -0.25) is 19.4 Å². The van der Waals surface area contributed by atoms with Crippen LogP contribution in [-0.4, -0.2) is 123 Å². The molecular formula is C30H52F2N8O2. The molecule has 0 radical (unpaired) electrons. The lowest BCUT2D eigenvalue weighted by Crippen LogP contribution is -2.67. The molecule has 0 aromatic carbocycles. The summed E-state index contributed by atoms with van der Waals surface area (Å²) >= 11 is 0. The predicted octanol–water partition coefficient (Wildman–Crippen LogP) is 0.293. The second kappa shape index (κ2) is 14.3. The highest BCUT2D eigenvalue weighted by molar-refractivity contribution is 5.83. The normalized spacial score (nSPS) is 35.2. The van der Waals surface area contributed by atoms with Gasteiger partial charge in [-0.05, 0) is 75.4 Å².